The summed E-state index contributed by atoms with van der Waals surface area (Å²) in [5, 5.41) is 11.4. The molecule has 0 atom stereocenters. The van der Waals surface area contributed by atoms with Crippen molar-refractivity contribution >= 4 is 11.7 Å². The number of carbonyl (C=O) groups excluding carboxylic acids is 1. The van der Waals surface area contributed by atoms with E-state index in [1.807, 2.05) is 0 Å². The van der Waals surface area contributed by atoms with Gasteiger partial charge in [0.05, 0.1) is 5.56 Å². The second-order valence-electron chi connectivity index (χ2n) is 5.92. The third-order valence-electron chi connectivity index (χ3n) is 4.24. The molecule has 0 aromatic carbocycles. The minimum absolute atomic E-state index is 0.246. The number of nitrogens with one attached hydrogen (secondary N) is 1. The van der Waals surface area contributed by atoms with Crippen LogP contribution < -0.4 is 11.1 Å². The lowest BCUT2D eigenvalue weighted by molar-refractivity contribution is 0.100. The predicted molar refractivity (Wildman–Crippen MR) is 86.4 cm³/mol. The molecule has 128 valence electrons. The first-order valence-electron chi connectivity index (χ1n) is 8.00. The van der Waals surface area contributed by atoms with E-state index in [0.29, 0.717) is 29.8 Å². The lowest BCUT2D eigenvalue weighted by Crippen LogP contribution is -2.27. The first kappa shape index (κ1) is 16.4. The topological polar surface area (TPSA) is 116 Å². The van der Waals surface area contributed by atoms with Crippen molar-refractivity contribution in [3.8, 4) is 0 Å². The van der Waals surface area contributed by atoms with Gasteiger partial charge < -0.3 is 20.2 Å². The first-order valence-corrected chi connectivity index (χ1v) is 8.00. The van der Waals surface area contributed by atoms with Crippen molar-refractivity contribution in [3.05, 3.63) is 35.7 Å². The number of anilines is 1. The van der Waals surface area contributed by atoms with Gasteiger partial charge in [-0.25, -0.2) is 4.98 Å². The number of nitrogens with two attached hydrogens (primary N) is 1. The van der Waals surface area contributed by atoms with Gasteiger partial charge in [-0.15, -0.1) is 10.2 Å². The highest BCUT2D eigenvalue weighted by molar-refractivity contribution is 5.97. The van der Waals surface area contributed by atoms with E-state index in [-0.39, 0.29) is 12.0 Å². The van der Waals surface area contributed by atoms with E-state index in [4.69, 9.17) is 14.9 Å². The molecule has 1 aliphatic carbocycles. The molecule has 1 saturated carbocycles. The number of primary amides is 1. The van der Waals surface area contributed by atoms with Crippen LogP contribution in [0.5, 0.6) is 0 Å². The van der Waals surface area contributed by atoms with E-state index < -0.39 is 5.91 Å². The zero-order chi connectivity index (χ0) is 16.9. The molecule has 1 fully saturated rings. The van der Waals surface area contributed by atoms with Crippen molar-refractivity contribution in [1.82, 2.24) is 15.2 Å². The van der Waals surface area contributed by atoms with Gasteiger partial charge in [-0.1, -0.05) is 0 Å². The molecule has 8 nitrogen and oxygen atoms in total. The van der Waals surface area contributed by atoms with Crippen LogP contribution in [0.25, 0.3) is 0 Å². The fourth-order valence-electron chi connectivity index (χ4n) is 3.01. The lowest BCUT2D eigenvalue weighted by atomic mass is 9.86. The third kappa shape index (κ3) is 3.70. The van der Waals surface area contributed by atoms with Gasteiger partial charge in [0, 0.05) is 25.3 Å². The second-order valence-corrected chi connectivity index (χ2v) is 5.92. The molecule has 3 N–H and O–H groups in total. The van der Waals surface area contributed by atoms with Crippen LogP contribution in [-0.4, -0.2) is 34.2 Å². The van der Waals surface area contributed by atoms with Gasteiger partial charge in [0.2, 0.25) is 11.8 Å². The quantitative estimate of drug-likeness (QED) is 0.829. The van der Waals surface area contributed by atoms with Crippen LogP contribution >= 0.6 is 0 Å². The maximum absolute atomic E-state index is 11.5. The second kappa shape index (κ2) is 7.39. The molecule has 0 spiro atoms. The fourth-order valence-corrected chi connectivity index (χ4v) is 3.01. The van der Waals surface area contributed by atoms with E-state index in [9.17, 15) is 4.79 Å². The van der Waals surface area contributed by atoms with Crippen LogP contribution in [0.15, 0.2) is 22.7 Å². The molecule has 1 aliphatic rings. The Morgan fingerprint density at radius 1 is 1.38 bits per heavy atom. The zero-order valence-electron chi connectivity index (χ0n) is 13.6. The van der Waals surface area contributed by atoms with Crippen molar-refractivity contribution in [2.24, 2.45) is 5.73 Å². The summed E-state index contributed by atoms with van der Waals surface area (Å²) in [5.74, 6) is 1.52. The molecule has 0 aliphatic heterocycles. The van der Waals surface area contributed by atoms with Crippen LogP contribution in [0.2, 0.25) is 0 Å². The van der Waals surface area contributed by atoms with Gasteiger partial charge in [0.15, 0.2) is 0 Å². The zero-order valence-corrected chi connectivity index (χ0v) is 13.6. The Morgan fingerprint density at radius 3 is 2.88 bits per heavy atom. The van der Waals surface area contributed by atoms with Gasteiger partial charge in [0.25, 0.3) is 5.91 Å². The maximum atomic E-state index is 11.5. The number of hydrogen-bond acceptors (Lipinski definition) is 7. The predicted octanol–water partition coefficient (Wildman–Crippen LogP) is 1.85. The Labute approximate surface area is 139 Å². The standard InChI is InChI=1S/C16H21N5O3/c1-23-9-13-20-21-16(24-13)10-4-6-11(7-5-10)19-15-12(14(17)22)3-2-8-18-15/h2-3,8,10-11H,4-7,9H2,1H3,(H2,17,22)(H,18,19). The molecule has 0 radical (unpaired) electrons. The molecular weight excluding hydrogens is 310 g/mol. The van der Waals surface area contributed by atoms with Crippen molar-refractivity contribution < 1.29 is 13.9 Å². The minimum Gasteiger partial charge on any atom is -0.422 e. The van der Waals surface area contributed by atoms with Crippen molar-refractivity contribution in [1.29, 1.82) is 0 Å². The number of ether oxygens (including phenoxy) is 1. The molecule has 2 heterocycles. The average molecular weight is 331 g/mol. The molecule has 0 bridgehead atoms. The Kier molecular flexibility index (Phi) is 5.05. The summed E-state index contributed by atoms with van der Waals surface area (Å²) in [6.45, 7) is 0.333. The third-order valence-corrected chi connectivity index (χ3v) is 4.24. The summed E-state index contributed by atoms with van der Waals surface area (Å²) in [6, 6.07) is 3.63. The molecule has 1 amide bonds. The summed E-state index contributed by atoms with van der Waals surface area (Å²) < 4.78 is 10.6. The lowest BCUT2D eigenvalue weighted by Gasteiger charge is -2.28. The average Bonchev–Trinajstić information content (AvgIpc) is 3.05. The monoisotopic (exact) mass is 331 g/mol. The number of aromatic nitrogens is 3. The van der Waals surface area contributed by atoms with E-state index in [1.165, 1.54) is 0 Å². The minimum atomic E-state index is -0.476. The number of methoxy groups -OCH3 is 1. The van der Waals surface area contributed by atoms with Crippen LogP contribution in [0.3, 0.4) is 0 Å². The van der Waals surface area contributed by atoms with Gasteiger partial charge in [-0.2, -0.15) is 0 Å². The Balaban J connectivity index is 1.58. The summed E-state index contributed by atoms with van der Waals surface area (Å²) in [7, 11) is 1.60. The van der Waals surface area contributed by atoms with E-state index in [1.54, 1.807) is 25.4 Å². The summed E-state index contributed by atoms with van der Waals surface area (Å²) >= 11 is 0. The van der Waals surface area contributed by atoms with Gasteiger partial charge >= 0.3 is 0 Å². The molecule has 0 saturated heterocycles. The van der Waals surface area contributed by atoms with E-state index >= 15 is 0 Å². The molecule has 2 aromatic rings. The first-order chi connectivity index (χ1) is 11.7. The number of pyridine rings is 1. The highest BCUT2D eigenvalue weighted by Crippen LogP contribution is 2.33. The Hall–Kier alpha value is -2.48. The molecule has 0 unspecified atom stereocenters. The maximum Gasteiger partial charge on any atom is 0.252 e. The van der Waals surface area contributed by atoms with Crippen LogP contribution in [-0.2, 0) is 11.3 Å². The van der Waals surface area contributed by atoms with E-state index in [0.717, 1.165) is 25.7 Å². The molecule has 24 heavy (non-hydrogen) atoms. The number of amides is 1. The van der Waals surface area contributed by atoms with Crippen molar-refractivity contribution in [3.63, 3.8) is 0 Å². The Morgan fingerprint density at radius 2 is 2.17 bits per heavy atom. The number of hydrogen-bond donors (Lipinski definition) is 2. The summed E-state index contributed by atoms with van der Waals surface area (Å²) in [6.07, 6.45) is 5.38. The molecular formula is C16H21N5O3. The van der Waals surface area contributed by atoms with Gasteiger partial charge in [-0.3, -0.25) is 4.79 Å². The van der Waals surface area contributed by atoms with E-state index in [2.05, 4.69) is 20.5 Å². The van der Waals surface area contributed by atoms with Crippen LogP contribution in [0.4, 0.5) is 5.82 Å². The highest BCUT2D eigenvalue weighted by Gasteiger charge is 2.27. The highest BCUT2D eigenvalue weighted by atomic mass is 16.5. The van der Waals surface area contributed by atoms with Crippen molar-refractivity contribution in [2.75, 3.05) is 12.4 Å². The van der Waals surface area contributed by atoms with Crippen molar-refractivity contribution in [2.45, 2.75) is 44.2 Å². The Bertz CT molecular complexity index is 695. The van der Waals surface area contributed by atoms with Gasteiger partial charge in [-0.05, 0) is 37.8 Å². The fraction of sp³-hybridized carbons (Fsp3) is 0.500. The molecule has 2 aromatic heterocycles. The SMILES string of the molecule is COCc1nnc(C2CCC(Nc3ncccc3C(N)=O)CC2)o1. The molecule has 8 heteroatoms. The smallest absolute Gasteiger partial charge is 0.252 e. The summed E-state index contributed by atoms with van der Waals surface area (Å²) in [5.41, 5.74) is 5.81. The van der Waals surface area contributed by atoms with Crippen LogP contribution in [0, 0.1) is 0 Å². The van der Waals surface area contributed by atoms with Crippen LogP contribution in [0.1, 0.15) is 53.7 Å². The number of carbonyl (C=O) groups is 1. The largest absolute Gasteiger partial charge is 0.422 e. The van der Waals surface area contributed by atoms with Gasteiger partial charge in [0.1, 0.15) is 12.4 Å². The summed E-state index contributed by atoms with van der Waals surface area (Å²) in [4.78, 5) is 15.7. The number of nitrogens with zero attached hydrogens (tertiary/aromatic N) is 3. The normalized spacial score (nSPS) is 20.7. The number of rotatable bonds is 6. The molecule has 3 rings (SSSR count).